The van der Waals surface area contributed by atoms with Gasteiger partial charge in [-0.05, 0) is 43.7 Å². The summed E-state index contributed by atoms with van der Waals surface area (Å²) in [6, 6.07) is 5.78. The van der Waals surface area contributed by atoms with E-state index in [1.54, 1.807) is 0 Å². The Hall–Kier alpha value is -1.44. The van der Waals surface area contributed by atoms with E-state index in [1.807, 2.05) is 0 Å². The third-order valence-electron chi connectivity index (χ3n) is 3.38. The molecule has 0 radical (unpaired) electrons. The van der Waals surface area contributed by atoms with Gasteiger partial charge in [0.1, 0.15) is 0 Å². The monoisotopic (exact) mass is 297 g/mol. The van der Waals surface area contributed by atoms with Crippen LogP contribution in [0.15, 0.2) is 29.2 Å². The Balaban J connectivity index is 2.00. The lowest BCUT2D eigenvalue weighted by atomic mass is 10.1. The first kappa shape index (κ1) is 15.0. The Kier molecular flexibility index (Phi) is 4.74. The lowest BCUT2D eigenvalue weighted by Gasteiger charge is -2.23. The van der Waals surface area contributed by atoms with Gasteiger partial charge in [-0.25, -0.2) is 13.1 Å². The molecule has 1 aromatic carbocycles. The van der Waals surface area contributed by atoms with Gasteiger partial charge in [0.15, 0.2) is 0 Å². The largest absolute Gasteiger partial charge is 0.366 e. The molecule has 2 rings (SSSR count). The molecule has 1 atom stereocenters. The van der Waals surface area contributed by atoms with E-state index in [9.17, 15) is 13.2 Å². The van der Waals surface area contributed by atoms with Crippen LogP contribution in [0.2, 0.25) is 0 Å². The maximum atomic E-state index is 12.1. The summed E-state index contributed by atoms with van der Waals surface area (Å²) in [5.74, 6) is -0.576. The first-order chi connectivity index (χ1) is 9.49. The number of primary amides is 1. The second kappa shape index (κ2) is 6.34. The highest BCUT2D eigenvalue weighted by Gasteiger charge is 2.18. The van der Waals surface area contributed by atoms with Crippen molar-refractivity contribution in [1.29, 1.82) is 0 Å². The number of carbonyl (C=O) groups is 1. The van der Waals surface area contributed by atoms with Crippen LogP contribution < -0.4 is 15.8 Å². The molecular formula is C13H19N3O3S. The summed E-state index contributed by atoms with van der Waals surface area (Å²) in [4.78, 5) is 11.1. The predicted molar refractivity (Wildman–Crippen MR) is 75.8 cm³/mol. The smallest absolute Gasteiger partial charge is 0.248 e. The molecule has 4 N–H and O–H groups in total. The van der Waals surface area contributed by atoms with Crippen molar-refractivity contribution in [3.8, 4) is 0 Å². The topological polar surface area (TPSA) is 101 Å². The SMILES string of the molecule is NC(=O)c1ccc(S(=O)(=O)NCC2CCCCN2)cc1. The highest BCUT2D eigenvalue weighted by Crippen LogP contribution is 2.11. The van der Waals surface area contributed by atoms with Crippen LogP contribution in [0.4, 0.5) is 0 Å². The summed E-state index contributed by atoms with van der Waals surface area (Å²) < 4.78 is 26.8. The Labute approximate surface area is 118 Å². The van der Waals surface area contributed by atoms with Crippen LogP contribution in [0.25, 0.3) is 0 Å². The number of nitrogens with two attached hydrogens (primary N) is 1. The van der Waals surface area contributed by atoms with Crippen molar-refractivity contribution in [3.63, 3.8) is 0 Å². The molecular weight excluding hydrogens is 278 g/mol. The summed E-state index contributed by atoms with van der Waals surface area (Å²) in [6.45, 7) is 1.31. The number of sulfonamides is 1. The van der Waals surface area contributed by atoms with Crippen LogP contribution in [-0.4, -0.2) is 33.5 Å². The van der Waals surface area contributed by atoms with Crippen molar-refractivity contribution in [2.75, 3.05) is 13.1 Å². The maximum absolute atomic E-state index is 12.1. The maximum Gasteiger partial charge on any atom is 0.248 e. The lowest BCUT2D eigenvalue weighted by molar-refractivity contribution is 0.1000. The molecule has 1 unspecified atom stereocenters. The highest BCUT2D eigenvalue weighted by molar-refractivity contribution is 7.89. The molecule has 6 nitrogen and oxygen atoms in total. The van der Waals surface area contributed by atoms with Crippen molar-refractivity contribution < 1.29 is 13.2 Å². The molecule has 1 amide bonds. The number of amides is 1. The molecule has 1 saturated heterocycles. The van der Waals surface area contributed by atoms with Crippen LogP contribution >= 0.6 is 0 Å². The average molecular weight is 297 g/mol. The van der Waals surface area contributed by atoms with Crippen LogP contribution in [-0.2, 0) is 10.0 Å². The molecule has 1 aromatic rings. The molecule has 1 aliphatic rings. The van der Waals surface area contributed by atoms with Gasteiger partial charge in [0.2, 0.25) is 15.9 Å². The summed E-state index contributed by atoms with van der Waals surface area (Å²) in [5.41, 5.74) is 5.41. The highest BCUT2D eigenvalue weighted by atomic mass is 32.2. The van der Waals surface area contributed by atoms with Crippen LogP contribution in [0.5, 0.6) is 0 Å². The normalized spacial score (nSPS) is 19.7. The van der Waals surface area contributed by atoms with E-state index in [2.05, 4.69) is 10.0 Å². The number of hydrogen-bond donors (Lipinski definition) is 3. The molecule has 0 bridgehead atoms. The summed E-state index contributed by atoms with van der Waals surface area (Å²) >= 11 is 0. The standard InChI is InChI=1S/C13H19N3O3S/c14-13(17)10-4-6-12(7-5-10)20(18,19)16-9-11-3-1-2-8-15-11/h4-7,11,15-16H,1-3,8-9H2,(H2,14,17). The van der Waals surface area contributed by atoms with Gasteiger partial charge in [-0.2, -0.15) is 0 Å². The molecule has 110 valence electrons. The van der Waals surface area contributed by atoms with E-state index in [0.717, 1.165) is 25.8 Å². The van der Waals surface area contributed by atoms with E-state index in [0.29, 0.717) is 6.54 Å². The summed E-state index contributed by atoms with van der Waals surface area (Å²) in [7, 11) is -3.54. The number of hydrogen-bond acceptors (Lipinski definition) is 4. The van der Waals surface area contributed by atoms with Gasteiger partial charge in [-0.1, -0.05) is 6.42 Å². The minimum atomic E-state index is -3.54. The minimum Gasteiger partial charge on any atom is -0.366 e. The molecule has 1 heterocycles. The van der Waals surface area contributed by atoms with Gasteiger partial charge in [-0.3, -0.25) is 4.79 Å². The zero-order valence-corrected chi connectivity index (χ0v) is 11.9. The quantitative estimate of drug-likeness (QED) is 0.723. The molecule has 0 aromatic heterocycles. The summed E-state index contributed by atoms with van der Waals surface area (Å²) in [5, 5.41) is 3.28. The van der Waals surface area contributed by atoms with Crippen LogP contribution in [0, 0.1) is 0 Å². The molecule has 0 saturated carbocycles. The second-order valence-electron chi connectivity index (χ2n) is 4.89. The molecule has 0 spiro atoms. The van der Waals surface area contributed by atoms with Gasteiger partial charge in [0, 0.05) is 18.2 Å². The van der Waals surface area contributed by atoms with Gasteiger partial charge < -0.3 is 11.1 Å². The summed E-state index contributed by atoms with van der Waals surface area (Å²) in [6.07, 6.45) is 3.23. The molecule has 0 aliphatic carbocycles. The molecule has 1 fully saturated rings. The number of piperidine rings is 1. The zero-order valence-electron chi connectivity index (χ0n) is 11.1. The van der Waals surface area contributed by atoms with Gasteiger partial charge in [0.05, 0.1) is 4.90 Å². The number of benzene rings is 1. The fraction of sp³-hybridized carbons (Fsp3) is 0.462. The Morgan fingerprint density at radius 2 is 2.00 bits per heavy atom. The van der Waals surface area contributed by atoms with Crippen molar-refractivity contribution in [1.82, 2.24) is 10.0 Å². The van der Waals surface area contributed by atoms with Crippen molar-refractivity contribution in [3.05, 3.63) is 29.8 Å². The Bertz CT molecular complexity index is 563. The van der Waals surface area contributed by atoms with E-state index < -0.39 is 15.9 Å². The Morgan fingerprint density at radius 1 is 1.30 bits per heavy atom. The average Bonchev–Trinajstić information content (AvgIpc) is 2.46. The number of carbonyl (C=O) groups excluding carboxylic acids is 1. The first-order valence-electron chi connectivity index (χ1n) is 6.62. The first-order valence-corrected chi connectivity index (χ1v) is 8.10. The fourth-order valence-electron chi connectivity index (χ4n) is 2.19. The number of rotatable bonds is 5. The van der Waals surface area contributed by atoms with E-state index in [4.69, 9.17) is 5.73 Å². The zero-order chi connectivity index (χ0) is 14.6. The van der Waals surface area contributed by atoms with Crippen LogP contribution in [0.1, 0.15) is 29.6 Å². The van der Waals surface area contributed by atoms with Gasteiger partial charge in [-0.15, -0.1) is 0 Å². The Morgan fingerprint density at radius 3 is 2.55 bits per heavy atom. The van der Waals surface area contributed by atoms with E-state index in [-0.39, 0.29) is 16.5 Å². The predicted octanol–water partition coefficient (Wildman–Crippen LogP) is 0.206. The van der Waals surface area contributed by atoms with Crippen LogP contribution in [0.3, 0.4) is 0 Å². The van der Waals surface area contributed by atoms with Crippen molar-refractivity contribution >= 4 is 15.9 Å². The van der Waals surface area contributed by atoms with Crippen molar-refractivity contribution in [2.24, 2.45) is 5.73 Å². The fourth-order valence-corrected chi connectivity index (χ4v) is 3.27. The van der Waals surface area contributed by atoms with Crippen molar-refractivity contribution in [2.45, 2.75) is 30.2 Å². The molecule has 1 aliphatic heterocycles. The van der Waals surface area contributed by atoms with Gasteiger partial charge in [0.25, 0.3) is 0 Å². The molecule has 7 heteroatoms. The third-order valence-corrected chi connectivity index (χ3v) is 4.82. The second-order valence-corrected chi connectivity index (χ2v) is 6.65. The molecule has 20 heavy (non-hydrogen) atoms. The van der Waals surface area contributed by atoms with Gasteiger partial charge >= 0.3 is 0 Å². The lowest BCUT2D eigenvalue weighted by Crippen LogP contribution is -2.43. The van der Waals surface area contributed by atoms with E-state index >= 15 is 0 Å². The number of nitrogens with one attached hydrogen (secondary N) is 2. The third kappa shape index (κ3) is 3.78. The van der Waals surface area contributed by atoms with E-state index in [1.165, 1.54) is 24.3 Å². The minimum absolute atomic E-state index is 0.137.